The summed E-state index contributed by atoms with van der Waals surface area (Å²) in [6.07, 6.45) is 8.71. The highest BCUT2D eigenvalue weighted by atomic mass is 35.5. The number of hydrogen-bond donors (Lipinski definition) is 0. The lowest BCUT2D eigenvalue weighted by atomic mass is 9.82. The maximum Gasteiger partial charge on any atom is 0.247 e. The Morgan fingerprint density at radius 3 is 2.78 bits per heavy atom. The molecule has 2 aliphatic rings. The third kappa shape index (κ3) is 4.09. The molecule has 3 nitrogen and oxygen atoms in total. The van der Waals surface area contributed by atoms with Crippen molar-refractivity contribution in [3.63, 3.8) is 0 Å². The number of benzene rings is 1. The molecule has 4 rings (SSSR count). The van der Waals surface area contributed by atoms with Crippen molar-refractivity contribution in [2.75, 3.05) is 0 Å². The number of amides is 1. The van der Waals surface area contributed by atoms with Crippen molar-refractivity contribution >= 4 is 42.4 Å². The third-order valence-electron chi connectivity index (χ3n) is 5.09. The average Bonchev–Trinajstić information content (AvgIpc) is 3.33. The minimum atomic E-state index is 0.0357. The second-order valence-corrected chi connectivity index (χ2v) is 8.43. The van der Waals surface area contributed by atoms with E-state index < -0.39 is 0 Å². The van der Waals surface area contributed by atoms with Crippen LogP contribution in [0.15, 0.2) is 70.6 Å². The molecule has 1 aliphatic carbocycles. The Morgan fingerprint density at radius 2 is 2.11 bits per heavy atom. The number of carbonyl (C=O) groups excluding carboxylic acids is 1. The second-order valence-electron chi connectivity index (χ2n) is 7.04. The van der Waals surface area contributed by atoms with Crippen LogP contribution in [0.5, 0.6) is 0 Å². The predicted octanol–water partition coefficient (Wildman–Crippen LogP) is 4.04. The molecule has 0 saturated heterocycles. The highest BCUT2D eigenvalue weighted by Crippen LogP contribution is 2.32. The van der Waals surface area contributed by atoms with E-state index in [0.717, 1.165) is 29.0 Å². The minimum Gasteiger partial charge on any atom is -0.273 e. The maximum atomic E-state index is 13.1. The van der Waals surface area contributed by atoms with Crippen molar-refractivity contribution in [1.29, 1.82) is 0 Å². The normalized spacial score (nSPS) is 21.9. The van der Waals surface area contributed by atoms with E-state index in [4.69, 9.17) is 16.7 Å². The van der Waals surface area contributed by atoms with Gasteiger partial charge in [0, 0.05) is 17.4 Å². The monoisotopic (exact) mass is 394 g/mol. The van der Waals surface area contributed by atoms with Gasteiger partial charge in [0.2, 0.25) is 5.91 Å². The molecule has 136 valence electrons. The second kappa shape index (κ2) is 7.87. The number of hydrazone groups is 1. The topological polar surface area (TPSA) is 32.7 Å². The van der Waals surface area contributed by atoms with Crippen LogP contribution in [0.25, 0.3) is 0 Å². The van der Waals surface area contributed by atoms with Crippen LogP contribution >= 0.6 is 22.9 Å². The Labute approximate surface area is 169 Å². The summed E-state index contributed by atoms with van der Waals surface area (Å²) in [5.41, 5.74) is 3.25. The van der Waals surface area contributed by atoms with Gasteiger partial charge in [0.15, 0.2) is 0 Å². The van der Waals surface area contributed by atoms with E-state index in [9.17, 15) is 4.79 Å². The maximum absolute atomic E-state index is 13.1. The van der Waals surface area contributed by atoms with Crippen LogP contribution < -0.4 is 0 Å². The summed E-state index contributed by atoms with van der Waals surface area (Å²) >= 11 is 7.63. The van der Waals surface area contributed by atoms with Gasteiger partial charge in [-0.2, -0.15) is 5.10 Å². The lowest BCUT2D eigenvalue weighted by Gasteiger charge is -2.28. The van der Waals surface area contributed by atoms with Gasteiger partial charge in [-0.25, -0.2) is 5.01 Å². The quantitative estimate of drug-likeness (QED) is 0.720. The SMILES string of the molecule is BC1=CCC(C2CC(c3cccs3)=NN2C(=O)Cc2ccc(Cl)cc2)C=C1. The number of rotatable bonds is 4. The Hall–Kier alpha value is -2.11. The fraction of sp³-hybridized carbons (Fsp3) is 0.238. The third-order valence-corrected chi connectivity index (χ3v) is 6.26. The molecule has 2 atom stereocenters. The number of nitrogens with zero attached hydrogens (tertiary/aromatic N) is 2. The van der Waals surface area contributed by atoms with Crippen LogP contribution in [-0.2, 0) is 11.2 Å². The molecule has 1 amide bonds. The average molecular weight is 395 g/mol. The van der Waals surface area contributed by atoms with E-state index in [0.29, 0.717) is 17.4 Å². The highest BCUT2D eigenvalue weighted by molar-refractivity contribution is 7.12. The van der Waals surface area contributed by atoms with Crippen molar-refractivity contribution in [2.24, 2.45) is 11.0 Å². The molecule has 0 saturated carbocycles. The molecule has 0 N–H and O–H groups in total. The summed E-state index contributed by atoms with van der Waals surface area (Å²) in [5, 5.41) is 9.21. The summed E-state index contributed by atoms with van der Waals surface area (Å²) in [4.78, 5) is 14.2. The van der Waals surface area contributed by atoms with Crippen LogP contribution in [0, 0.1) is 5.92 Å². The van der Waals surface area contributed by atoms with Gasteiger partial charge >= 0.3 is 0 Å². The largest absolute Gasteiger partial charge is 0.273 e. The molecular formula is C21H20BClN2OS. The molecule has 1 aromatic carbocycles. The standard InChI is InChI=1S/C21H20BClN2OS/c22-16-7-5-15(6-8-16)19-13-18(20-2-1-11-27-20)24-25(19)21(26)12-14-3-9-17(23)10-4-14/h1-5,7-11,15,19H,6,12-13,22H2. The van der Waals surface area contributed by atoms with Crippen LogP contribution in [0.2, 0.25) is 5.02 Å². The number of thiophene rings is 1. The Morgan fingerprint density at radius 1 is 1.30 bits per heavy atom. The lowest BCUT2D eigenvalue weighted by Crippen LogP contribution is -2.38. The first-order valence-corrected chi connectivity index (χ1v) is 10.4. The molecule has 0 bridgehead atoms. The molecule has 2 aromatic rings. The number of carbonyl (C=O) groups is 1. The summed E-state index contributed by atoms with van der Waals surface area (Å²) < 4.78 is 0. The van der Waals surface area contributed by atoms with Gasteiger partial charge in [-0.15, -0.1) is 11.3 Å². The molecule has 0 fully saturated rings. The fourth-order valence-electron chi connectivity index (χ4n) is 3.58. The molecule has 2 heterocycles. The number of allylic oxidation sites excluding steroid dienone is 3. The van der Waals surface area contributed by atoms with E-state index >= 15 is 0 Å². The molecule has 2 unspecified atom stereocenters. The van der Waals surface area contributed by atoms with E-state index in [2.05, 4.69) is 37.5 Å². The number of halogens is 1. The molecule has 1 aliphatic heterocycles. The van der Waals surface area contributed by atoms with Crippen molar-refractivity contribution < 1.29 is 4.79 Å². The van der Waals surface area contributed by atoms with Crippen molar-refractivity contribution in [3.05, 3.63) is 80.9 Å². The van der Waals surface area contributed by atoms with Gasteiger partial charge in [0.25, 0.3) is 0 Å². The summed E-state index contributed by atoms with van der Waals surface area (Å²) in [6, 6.07) is 11.6. The van der Waals surface area contributed by atoms with Gasteiger partial charge in [-0.05, 0) is 35.6 Å². The Balaban J connectivity index is 1.57. The molecule has 0 radical (unpaired) electrons. The molecule has 6 heteroatoms. The van der Waals surface area contributed by atoms with Gasteiger partial charge in [-0.1, -0.05) is 53.5 Å². The summed E-state index contributed by atoms with van der Waals surface area (Å²) in [7, 11) is 2.11. The summed E-state index contributed by atoms with van der Waals surface area (Å²) in [5.74, 6) is 0.331. The van der Waals surface area contributed by atoms with Gasteiger partial charge in [-0.3, -0.25) is 4.79 Å². The predicted molar refractivity (Wildman–Crippen MR) is 115 cm³/mol. The summed E-state index contributed by atoms with van der Waals surface area (Å²) in [6.45, 7) is 0. The van der Waals surface area contributed by atoms with E-state index in [1.54, 1.807) is 16.3 Å². The smallest absolute Gasteiger partial charge is 0.247 e. The van der Waals surface area contributed by atoms with Crippen molar-refractivity contribution in [3.8, 4) is 0 Å². The van der Waals surface area contributed by atoms with Gasteiger partial charge in [0.05, 0.1) is 23.1 Å². The Kier molecular flexibility index (Phi) is 5.32. The molecular weight excluding hydrogens is 375 g/mol. The van der Waals surface area contributed by atoms with Crippen LogP contribution in [0.1, 0.15) is 23.3 Å². The zero-order valence-electron chi connectivity index (χ0n) is 15.1. The van der Waals surface area contributed by atoms with Gasteiger partial charge < -0.3 is 0 Å². The van der Waals surface area contributed by atoms with Crippen LogP contribution in [-0.4, -0.2) is 30.5 Å². The van der Waals surface area contributed by atoms with E-state index in [1.165, 1.54) is 5.47 Å². The molecule has 0 spiro atoms. The fourth-order valence-corrected chi connectivity index (χ4v) is 4.43. The first-order chi connectivity index (χ1) is 13.1. The van der Waals surface area contributed by atoms with E-state index in [-0.39, 0.29) is 11.9 Å². The molecule has 1 aromatic heterocycles. The number of hydrogen-bond acceptors (Lipinski definition) is 3. The highest BCUT2D eigenvalue weighted by Gasteiger charge is 2.36. The van der Waals surface area contributed by atoms with Crippen molar-refractivity contribution in [1.82, 2.24) is 5.01 Å². The van der Waals surface area contributed by atoms with Gasteiger partial charge in [0.1, 0.15) is 7.85 Å². The first-order valence-electron chi connectivity index (χ1n) is 9.13. The molecule has 27 heavy (non-hydrogen) atoms. The minimum absolute atomic E-state index is 0.0357. The Bertz CT molecular complexity index is 918. The zero-order valence-corrected chi connectivity index (χ0v) is 16.7. The van der Waals surface area contributed by atoms with E-state index in [1.807, 2.05) is 30.3 Å². The zero-order chi connectivity index (χ0) is 18.8. The first kappa shape index (κ1) is 18.3. The van der Waals surface area contributed by atoms with Crippen LogP contribution in [0.3, 0.4) is 0 Å². The van der Waals surface area contributed by atoms with Crippen LogP contribution in [0.4, 0.5) is 0 Å². The van der Waals surface area contributed by atoms with Crippen molar-refractivity contribution in [2.45, 2.75) is 25.3 Å². The lowest BCUT2D eigenvalue weighted by molar-refractivity contribution is -0.132.